The molecular weight excluding hydrogens is 309 g/mol. The van der Waals surface area contributed by atoms with Gasteiger partial charge in [0.1, 0.15) is 0 Å². The van der Waals surface area contributed by atoms with Crippen molar-refractivity contribution in [3.63, 3.8) is 0 Å². The number of nitrogens with one attached hydrogen (secondary N) is 1. The lowest BCUT2D eigenvalue weighted by Crippen LogP contribution is -2.43. The molecule has 7 heteroatoms. The van der Waals surface area contributed by atoms with Gasteiger partial charge in [-0.1, -0.05) is 26.0 Å². The topological polar surface area (TPSA) is 52.6 Å². The number of aliphatic hydroxyl groups is 1. The van der Waals surface area contributed by atoms with Crippen LogP contribution in [0.25, 0.3) is 0 Å². The molecule has 0 heterocycles. The second-order valence-electron chi connectivity index (χ2n) is 6.02. The van der Waals surface area contributed by atoms with Crippen LogP contribution in [0.2, 0.25) is 0 Å². The van der Waals surface area contributed by atoms with Crippen molar-refractivity contribution in [1.29, 1.82) is 0 Å². The van der Waals surface area contributed by atoms with Crippen LogP contribution in [0.5, 0.6) is 0 Å². The molecule has 1 rings (SSSR count). The Morgan fingerprint density at radius 1 is 1.30 bits per heavy atom. The minimum atomic E-state index is -4.43. The SMILES string of the molecule is CC(O)CN(C)C(=O)NC(c1cccc(C(F)(F)F)c1)C(C)C. The van der Waals surface area contributed by atoms with E-state index in [9.17, 15) is 23.1 Å². The summed E-state index contributed by atoms with van der Waals surface area (Å²) in [5.41, 5.74) is -0.346. The van der Waals surface area contributed by atoms with Crippen molar-refractivity contribution in [1.82, 2.24) is 10.2 Å². The highest BCUT2D eigenvalue weighted by atomic mass is 19.4. The maximum Gasteiger partial charge on any atom is 0.416 e. The Hall–Kier alpha value is -1.76. The Morgan fingerprint density at radius 3 is 2.39 bits per heavy atom. The van der Waals surface area contributed by atoms with Gasteiger partial charge in [0.25, 0.3) is 0 Å². The van der Waals surface area contributed by atoms with E-state index in [2.05, 4.69) is 5.32 Å². The molecule has 0 saturated heterocycles. The number of hydrogen-bond donors (Lipinski definition) is 2. The molecular formula is C16H23F3N2O2. The monoisotopic (exact) mass is 332 g/mol. The molecule has 0 fully saturated rings. The van der Waals surface area contributed by atoms with Crippen LogP contribution in [-0.2, 0) is 6.18 Å². The molecule has 0 aliphatic carbocycles. The first-order valence-electron chi connectivity index (χ1n) is 7.39. The molecule has 2 amide bonds. The van der Waals surface area contributed by atoms with Crippen LogP contribution in [0.3, 0.4) is 0 Å². The van der Waals surface area contributed by atoms with Crippen molar-refractivity contribution < 1.29 is 23.1 Å². The Labute approximate surface area is 134 Å². The summed E-state index contributed by atoms with van der Waals surface area (Å²) in [7, 11) is 1.52. The fraction of sp³-hybridized carbons (Fsp3) is 0.562. The predicted molar refractivity (Wildman–Crippen MR) is 81.9 cm³/mol. The minimum Gasteiger partial charge on any atom is -0.392 e. The highest BCUT2D eigenvalue weighted by Gasteiger charge is 2.31. The zero-order valence-corrected chi connectivity index (χ0v) is 13.7. The molecule has 1 aromatic carbocycles. The third kappa shape index (κ3) is 5.74. The Kier molecular flexibility index (Phi) is 6.44. The number of rotatable bonds is 5. The summed E-state index contributed by atoms with van der Waals surface area (Å²) in [5.74, 6) is -0.0950. The van der Waals surface area contributed by atoms with Crippen molar-refractivity contribution in [2.75, 3.05) is 13.6 Å². The van der Waals surface area contributed by atoms with Gasteiger partial charge in [0.15, 0.2) is 0 Å². The van der Waals surface area contributed by atoms with Crippen molar-refractivity contribution in [3.05, 3.63) is 35.4 Å². The van der Waals surface area contributed by atoms with E-state index >= 15 is 0 Å². The molecule has 0 radical (unpaired) electrons. The van der Waals surface area contributed by atoms with E-state index in [0.717, 1.165) is 12.1 Å². The number of likely N-dealkylation sites (N-methyl/N-ethyl adjacent to an activating group) is 1. The fourth-order valence-electron chi connectivity index (χ4n) is 2.27. The quantitative estimate of drug-likeness (QED) is 0.868. The number of benzene rings is 1. The van der Waals surface area contributed by atoms with Gasteiger partial charge in [-0.05, 0) is 30.5 Å². The summed E-state index contributed by atoms with van der Waals surface area (Å²) in [6.45, 7) is 5.33. The molecule has 4 nitrogen and oxygen atoms in total. The number of nitrogens with zero attached hydrogens (tertiary/aromatic N) is 1. The number of hydrogen-bond acceptors (Lipinski definition) is 2. The average Bonchev–Trinajstić information content (AvgIpc) is 2.42. The van der Waals surface area contributed by atoms with Crippen molar-refractivity contribution >= 4 is 6.03 Å². The molecule has 0 saturated carbocycles. The fourth-order valence-corrected chi connectivity index (χ4v) is 2.27. The molecule has 2 atom stereocenters. The third-order valence-electron chi connectivity index (χ3n) is 3.40. The van der Waals surface area contributed by atoms with Gasteiger partial charge in [-0.25, -0.2) is 4.79 Å². The molecule has 0 aliphatic rings. The van der Waals surface area contributed by atoms with Crippen molar-refractivity contribution in [3.8, 4) is 0 Å². The van der Waals surface area contributed by atoms with Gasteiger partial charge in [0.05, 0.1) is 17.7 Å². The van der Waals surface area contributed by atoms with Crippen LogP contribution in [0.15, 0.2) is 24.3 Å². The molecule has 130 valence electrons. The summed E-state index contributed by atoms with van der Waals surface area (Å²) in [4.78, 5) is 13.4. The molecule has 0 bridgehead atoms. The van der Waals surface area contributed by atoms with E-state index in [1.54, 1.807) is 13.0 Å². The lowest BCUT2D eigenvalue weighted by atomic mass is 9.94. The molecule has 23 heavy (non-hydrogen) atoms. The van der Waals surface area contributed by atoms with Gasteiger partial charge in [0, 0.05) is 13.6 Å². The van der Waals surface area contributed by atoms with Crippen LogP contribution < -0.4 is 5.32 Å². The maximum absolute atomic E-state index is 12.8. The molecule has 0 aliphatic heterocycles. The number of alkyl halides is 3. The number of halogens is 3. The van der Waals surface area contributed by atoms with E-state index in [1.165, 1.54) is 18.0 Å². The van der Waals surface area contributed by atoms with Gasteiger partial charge in [-0.15, -0.1) is 0 Å². The summed E-state index contributed by atoms with van der Waals surface area (Å²) in [6, 6.07) is 3.96. The number of carbonyl (C=O) groups excluding carboxylic acids is 1. The number of carbonyl (C=O) groups is 1. The zero-order valence-electron chi connectivity index (χ0n) is 13.7. The van der Waals surface area contributed by atoms with Crippen LogP contribution in [0.4, 0.5) is 18.0 Å². The Bertz CT molecular complexity index is 530. The van der Waals surface area contributed by atoms with E-state index in [4.69, 9.17) is 0 Å². The first kappa shape index (κ1) is 19.3. The Balaban J connectivity index is 2.97. The minimum absolute atomic E-state index is 0.0950. The molecule has 0 spiro atoms. The largest absolute Gasteiger partial charge is 0.416 e. The van der Waals surface area contributed by atoms with Gasteiger partial charge in [-0.2, -0.15) is 13.2 Å². The molecule has 2 unspecified atom stereocenters. The van der Waals surface area contributed by atoms with E-state index in [1.807, 2.05) is 13.8 Å². The van der Waals surface area contributed by atoms with Crippen molar-refractivity contribution in [2.24, 2.45) is 5.92 Å². The van der Waals surface area contributed by atoms with Gasteiger partial charge >= 0.3 is 12.2 Å². The van der Waals surface area contributed by atoms with Crippen LogP contribution in [-0.4, -0.2) is 35.7 Å². The zero-order chi connectivity index (χ0) is 17.8. The van der Waals surface area contributed by atoms with Gasteiger partial charge < -0.3 is 15.3 Å². The summed E-state index contributed by atoms with van der Waals surface area (Å²) < 4.78 is 38.5. The lowest BCUT2D eigenvalue weighted by Gasteiger charge is -2.27. The Morgan fingerprint density at radius 2 is 1.91 bits per heavy atom. The highest BCUT2D eigenvalue weighted by Crippen LogP contribution is 2.32. The summed E-state index contributed by atoms with van der Waals surface area (Å²) >= 11 is 0. The van der Waals surface area contributed by atoms with Crippen LogP contribution >= 0.6 is 0 Å². The first-order valence-corrected chi connectivity index (χ1v) is 7.39. The standard InChI is InChI=1S/C16H23F3N2O2/c1-10(2)14(20-15(23)21(4)9-11(3)22)12-6-5-7-13(8-12)16(17,18)19/h5-8,10-11,14,22H,9H2,1-4H3,(H,20,23). The smallest absolute Gasteiger partial charge is 0.392 e. The van der Waals surface area contributed by atoms with Gasteiger partial charge in [-0.3, -0.25) is 0 Å². The normalized spacial score (nSPS) is 14.5. The first-order chi connectivity index (χ1) is 10.5. The number of amides is 2. The number of aliphatic hydroxyl groups excluding tert-OH is 1. The summed E-state index contributed by atoms with van der Waals surface area (Å²) in [5, 5.41) is 12.0. The summed E-state index contributed by atoms with van der Waals surface area (Å²) in [6.07, 6.45) is -5.11. The van der Waals surface area contributed by atoms with Gasteiger partial charge in [0.2, 0.25) is 0 Å². The second-order valence-corrected chi connectivity index (χ2v) is 6.02. The van der Waals surface area contributed by atoms with Crippen LogP contribution in [0, 0.1) is 5.92 Å². The van der Waals surface area contributed by atoms with Crippen molar-refractivity contribution in [2.45, 2.75) is 39.1 Å². The van der Waals surface area contributed by atoms with E-state index < -0.39 is 29.9 Å². The average molecular weight is 332 g/mol. The molecule has 1 aromatic rings. The van der Waals surface area contributed by atoms with E-state index in [0.29, 0.717) is 5.56 Å². The maximum atomic E-state index is 12.8. The highest BCUT2D eigenvalue weighted by molar-refractivity contribution is 5.74. The van der Waals surface area contributed by atoms with E-state index in [-0.39, 0.29) is 12.5 Å². The number of urea groups is 1. The molecule has 2 N–H and O–H groups in total. The molecule has 0 aromatic heterocycles. The lowest BCUT2D eigenvalue weighted by molar-refractivity contribution is -0.137. The third-order valence-corrected chi connectivity index (χ3v) is 3.40. The van der Waals surface area contributed by atoms with Crippen LogP contribution in [0.1, 0.15) is 37.9 Å². The second kappa shape index (κ2) is 7.68. The predicted octanol–water partition coefficient (Wildman–Crippen LogP) is 3.42.